The summed E-state index contributed by atoms with van der Waals surface area (Å²) in [4.78, 5) is 2.60. The molecule has 3 rings (SSSR count). The molecule has 1 aliphatic carbocycles. The van der Waals surface area contributed by atoms with Crippen LogP contribution in [0.15, 0.2) is 24.3 Å². The molecular formula is C16H24N2. The van der Waals surface area contributed by atoms with Gasteiger partial charge < -0.3 is 5.32 Å². The van der Waals surface area contributed by atoms with E-state index in [2.05, 4.69) is 34.5 Å². The van der Waals surface area contributed by atoms with Crippen molar-refractivity contribution in [2.24, 2.45) is 5.92 Å². The Hall–Kier alpha value is -0.860. The van der Waals surface area contributed by atoms with Crippen LogP contribution in [0.3, 0.4) is 0 Å². The van der Waals surface area contributed by atoms with Gasteiger partial charge in [0, 0.05) is 19.6 Å². The Morgan fingerprint density at radius 3 is 2.83 bits per heavy atom. The van der Waals surface area contributed by atoms with Gasteiger partial charge in [0.2, 0.25) is 0 Å². The molecule has 0 unspecified atom stereocenters. The topological polar surface area (TPSA) is 15.3 Å². The summed E-state index contributed by atoms with van der Waals surface area (Å²) in [6, 6.07) is 8.94. The maximum absolute atomic E-state index is 3.60. The quantitative estimate of drug-likeness (QED) is 0.800. The van der Waals surface area contributed by atoms with Crippen LogP contribution in [-0.4, -0.2) is 31.1 Å². The molecule has 18 heavy (non-hydrogen) atoms. The van der Waals surface area contributed by atoms with Gasteiger partial charge in [-0.3, -0.25) is 4.90 Å². The van der Waals surface area contributed by atoms with Gasteiger partial charge in [-0.25, -0.2) is 0 Å². The molecule has 1 aromatic carbocycles. The lowest BCUT2D eigenvalue weighted by atomic mass is 10.0. The molecule has 0 amide bonds. The summed E-state index contributed by atoms with van der Waals surface area (Å²) in [7, 11) is 0. The summed E-state index contributed by atoms with van der Waals surface area (Å²) in [5, 5.41) is 3.60. The molecular weight excluding hydrogens is 220 g/mol. The Labute approximate surface area is 110 Å². The number of benzene rings is 1. The second kappa shape index (κ2) is 5.85. The van der Waals surface area contributed by atoms with Gasteiger partial charge in [0.05, 0.1) is 0 Å². The Bertz CT molecular complexity index is 384. The van der Waals surface area contributed by atoms with Crippen molar-refractivity contribution in [3.8, 4) is 0 Å². The minimum atomic E-state index is 0.995. The molecule has 0 aromatic heterocycles. The number of nitrogens with one attached hydrogen (secondary N) is 1. The maximum Gasteiger partial charge on any atom is 0.0237 e. The molecule has 2 aliphatic rings. The molecule has 1 saturated carbocycles. The average Bonchev–Trinajstić information content (AvgIpc) is 3.21. The first kappa shape index (κ1) is 12.2. The van der Waals surface area contributed by atoms with Gasteiger partial charge in [-0.15, -0.1) is 0 Å². The zero-order chi connectivity index (χ0) is 12.2. The third-order valence-corrected chi connectivity index (χ3v) is 4.17. The highest BCUT2D eigenvalue weighted by Crippen LogP contribution is 2.27. The monoisotopic (exact) mass is 244 g/mol. The predicted octanol–water partition coefficient (Wildman–Crippen LogP) is 2.43. The second-order valence-electron chi connectivity index (χ2n) is 5.80. The molecule has 0 spiro atoms. The van der Waals surface area contributed by atoms with Gasteiger partial charge in [0.15, 0.2) is 0 Å². The third kappa shape index (κ3) is 3.33. The van der Waals surface area contributed by atoms with E-state index in [1.807, 2.05) is 0 Å². The minimum Gasteiger partial charge on any atom is -0.315 e. The minimum absolute atomic E-state index is 0.995. The Morgan fingerprint density at radius 1 is 1.17 bits per heavy atom. The van der Waals surface area contributed by atoms with Gasteiger partial charge >= 0.3 is 0 Å². The molecule has 1 heterocycles. The Kier molecular flexibility index (Phi) is 3.96. The van der Waals surface area contributed by atoms with E-state index < -0.39 is 0 Å². The van der Waals surface area contributed by atoms with E-state index in [0.717, 1.165) is 19.0 Å². The highest BCUT2D eigenvalue weighted by Gasteiger charge is 2.20. The SMILES string of the molecule is c1ccc2c(c1)CCCN(CCNCC1CC1)C2. The first-order valence-electron chi connectivity index (χ1n) is 7.41. The number of nitrogens with zero attached hydrogens (tertiary/aromatic N) is 1. The lowest BCUT2D eigenvalue weighted by Gasteiger charge is -2.20. The fraction of sp³-hybridized carbons (Fsp3) is 0.625. The predicted molar refractivity (Wildman–Crippen MR) is 75.6 cm³/mol. The van der Waals surface area contributed by atoms with E-state index >= 15 is 0 Å². The molecule has 0 radical (unpaired) electrons. The van der Waals surface area contributed by atoms with Crippen molar-refractivity contribution in [1.29, 1.82) is 0 Å². The summed E-state index contributed by atoms with van der Waals surface area (Å²) in [5.41, 5.74) is 3.10. The van der Waals surface area contributed by atoms with E-state index in [1.54, 1.807) is 5.56 Å². The lowest BCUT2D eigenvalue weighted by Crippen LogP contribution is -2.32. The molecule has 1 aliphatic heterocycles. The summed E-state index contributed by atoms with van der Waals surface area (Å²) >= 11 is 0. The zero-order valence-electron chi connectivity index (χ0n) is 11.2. The summed E-state index contributed by atoms with van der Waals surface area (Å²) in [6.07, 6.45) is 5.45. The van der Waals surface area contributed by atoms with Crippen molar-refractivity contribution >= 4 is 0 Å². The van der Waals surface area contributed by atoms with Gasteiger partial charge in [-0.2, -0.15) is 0 Å². The number of aryl methyl sites for hydroxylation is 1. The zero-order valence-corrected chi connectivity index (χ0v) is 11.2. The van der Waals surface area contributed by atoms with Crippen LogP contribution in [0.4, 0.5) is 0 Å². The third-order valence-electron chi connectivity index (χ3n) is 4.17. The van der Waals surface area contributed by atoms with Gasteiger partial charge in [-0.1, -0.05) is 24.3 Å². The molecule has 0 bridgehead atoms. The molecule has 0 saturated heterocycles. The number of rotatable bonds is 5. The summed E-state index contributed by atoms with van der Waals surface area (Å²) in [6.45, 7) is 5.98. The second-order valence-corrected chi connectivity index (χ2v) is 5.80. The van der Waals surface area contributed by atoms with Crippen LogP contribution >= 0.6 is 0 Å². The molecule has 98 valence electrons. The lowest BCUT2D eigenvalue weighted by molar-refractivity contribution is 0.269. The fourth-order valence-corrected chi connectivity index (χ4v) is 2.82. The van der Waals surface area contributed by atoms with E-state index in [0.29, 0.717) is 0 Å². The summed E-state index contributed by atoms with van der Waals surface area (Å²) < 4.78 is 0. The highest BCUT2D eigenvalue weighted by molar-refractivity contribution is 5.27. The highest BCUT2D eigenvalue weighted by atomic mass is 15.1. The molecule has 1 fully saturated rings. The van der Waals surface area contributed by atoms with Crippen molar-refractivity contribution < 1.29 is 0 Å². The van der Waals surface area contributed by atoms with Crippen molar-refractivity contribution in [2.45, 2.75) is 32.2 Å². The van der Waals surface area contributed by atoms with Crippen LogP contribution in [-0.2, 0) is 13.0 Å². The number of hydrogen-bond acceptors (Lipinski definition) is 2. The largest absolute Gasteiger partial charge is 0.315 e. The Balaban J connectivity index is 1.47. The van der Waals surface area contributed by atoms with E-state index in [1.165, 1.54) is 50.9 Å². The molecule has 2 heteroatoms. The summed E-state index contributed by atoms with van der Waals surface area (Å²) in [5.74, 6) is 0.995. The van der Waals surface area contributed by atoms with E-state index in [9.17, 15) is 0 Å². The van der Waals surface area contributed by atoms with Crippen LogP contribution in [0.1, 0.15) is 30.4 Å². The average molecular weight is 244 g/mol. The molecule has 2 nitrogen and oxygen atoms in total. The van der Waals surface area contributed by atoms with Crippen LogP contribution in [0, 0.1) is 5.92 Å². The van der Waals surface area contributed by atoms with Crippen LogP contribution < -0.4 is 5.32 Å². The van der Waals surface area contributed by atoms with Crippen molar-refractivity contribution in [3.05, 3.63) is 35.4 Å². The standard InChI is InChI=1S/C16H24N2/c1-2-5-16-13-18(10-3-6-15(16)4-1)11-9-17-12-14-7-8-14/h1-2,4-5,14,17H,3,6-13H2. The Morgan fingerprint density at radius 2 is 2.00 bits per heavy atom. The number of hydrogen-bond donors (Lipinski definition) is 1. The van der Waals surface area contributed by atoms with Crippen LogP contribution in [0.25, 0.3) is 0 Å². The van der Waals surface area contributed by atoms with E-state index in [4.69, 9.17) is 0 Å². The molecule has 1 aromatic rings. The first-order chi connectivity index (χ1) is 8.92. The fourth-order valence-electron chi connectivity index (χ4n) is 2.82. The van der Waals surface area contributed by atoms with Gasteiger partial charge in [0.25, 0.3) is 0 Å². The first-order valence-corrected chi connectivity index (χ1v) is 7.41. The van der Waals surface area contributed by atoms with Crippen LogP contribution in [0.2, 0.25) is 0 Å². The molecule has 0 atom stereocenters. The van der Waals surface area contributed by atoms with E-state index in [-0.39, 0.29) is 0 Å². The smallest absolute Gasteiger partial charge is 0.0237 e. The number of fused-ring (bicyclic) bond motifs is 1. The maximum atomic E-state index is 3.60. The van der Waals surface area contributed by atoms with Gasteiger partial charge in [-0.05, 0) is 55.8 Å². The normalized spacial score (nSPS) is 20.4. The molecule has 1 N–H and O–H groups in total. The van der Waals surface area contributed by atoms with Crippen molar-refractivity contribution in [1.82, 2.24) is 10.2 Å². The van der Waals surface area contributed by atoms with Crippen molar-refractivity contribution in [2.75, 3.05) is 26.2 Å². The van der Waals surface area contributed by atoms with Crippen LogP contribution in [0.5, 0.6) is 0 Å². The van der Waals surface area contributed by atoms with Gasteiger partial charge in [0.1, 0.15) is 0 Å². The van der Waals surface area contributed by atoms with Crippen molar-refractivity contribution in [3.63, 3.8) is 0 Å².